The summed E-state index contributed by atoms with van der Waals surface area (Å²) in [6.45, 7) is -0.0287. The molecule has 1 aromatic heterocycles. The molecule has 0 fully saturated rings. The van der Waals surface area contributed by atoms with Crippen LogP contribution >= 0.6 is 0 Å². The van der Waals surface area contributed by atoms with Crippen molar-refractivity contribution >= 4 is 11.8 Å². The van der Waals surface area contributed by atoms with E-state index in [9.17, 15) is 35.9 Å². The van der Waals surface area contributed by atoms with Crippen molar-refractivity contribution in [2.75, 3.05) is 7.05 Å². The van der Waals surface area contributed by atoms with Gasteiger partial charge in [0.1, 0.15) is 0 Å². The molecule has 0 saturated heterocycles. The highest BCUT2D eigenvalue weighted by molar-refractivity contribution is 6.01. The van der Waals surface area contributed by atoms with Crippen LogP contribution in [0.4, 0.5) is 26.3 Å². The minimum absolute atomic E-state index is 0.0121. The number of benzene rings is 2. The largest absolute Gasteiger partial charge is 0.416 e. The van der Waals surface area contributed by atoms with Crippen molar-refractivity contribution in [2.45, 2.75) is 30.9 Å². The van der Waals surface area contributed by atoms with Crippen LogP contribution in [0, 0.1) is 0 Å². The van der Waals surface area contributed by atoms with Crippen molar-refractivity contribution in [3.05, 3.63) is 100 Å². The minimum Gasteiger partial charge on any atom is -0.350 e. The van der Waals surface area contributed by atoms with Gasteiger partial charge in [-0.1, -0.05) is 24.3 Å². The standard InChI is InChI=1S/C25H19F6N3O2/c1-34-21(14-10-15(24(26,27)28)12-16(11-14)25(29,30)31)20(18-7-2-3-8-19(18)23(34)36)22(35)33-13-17-6-4-5-9-32-17/h2-12,20-21H,13H2,1H3,(H,33,35). The second-order valence-corrected chi connectivity index (χ2v) is 8.30. The molecule has 2 atom stereocenters. The van der Waals surface area contributed by atoms with E-state index in [0.29, 0.717) is 17.8 Å². The molecule has 2 aromatic carbocycles. The van der Waals surface area contributed by atoms with E-state index in [1.54, 1.807) is 30.3 Å². The van der Waals surface area contributed by atoms with Gasteiger partial charge in [-0.2, -0.15) is 26.3 Å². The van der Waals surface area contributed by atoms with Gasteiger partial charge in [-0.05, 0) is 47.5 Å². The van der Waals surface area contributed by atoms with Crippen molar-refractivity contribution < 1.29 is 35.9 Å². The van der Waals surface area contributed by atoms with E-state index in [-0.39, 0.29) is 23.7 Å². The number of alkyl halides is 6. The fourth-order valence-electron chi connectivity index (χ4n) is 4.31. The molecule has 0 radical (unpaired) electrons. The number of halogens is 6. The van der Waals surface area contributed by atoms with Gasteiger partial charge in [-0.25, -0.2) is 0 Å². The third-order valence-electron chi connectivity index (χ3n) is 5.98. The average Bonchev–Trinajstić information content (AvgIpc) is 2.84. The first-order valence-electron chi connectivity index (χ1n) is 10.7. The number of pyridine rings is 1. The average molecular weight is 507 g/mol. The zero-order valence-corrected chi connectivity index (χ0v) is 18.7. The molecule has 2 heterocycles. The monoisotopic (exact) mass is 507 g/mol. The molecule has 0 bridgehead atoms. The topological polar surface area (TPSA) is 62.3 Å². The summed E-state index contributed by atoms with van der Waals surface area (Å²) in [5.74, 6) is -2.59. The van der Waals surface area contributed by atoms with Crippen LogP contribution in [0.5, 0.6) is 0 Å². The molecule has 0 spiro atoms. The fraction of sp³-hybridized carbons (Fsp3) is 0.240. The molecule has 2 unspecified atom stereocenters. The lowest BCUT2D eigenvalue weighted by Gasteiger charge is -2.40. The Hall–Kier alpha value is -3.89. The van der Waals surface area contributed by atoms with E-state index >= 15 is 0 Å². The Labute approximate surface area is 201 Å². The van der Waals surface area contributed by atoms with Gasteiger partial charge in [0, 0.05) is 18.8 Å². The molecule has 11 heteroatoms. The molecule has 2 amide bonds. The van der Waals surface area contributed by atoms with Crippen molar-refractivity contribution in [1.29, 1.82) is 0 Å². The highest BCUT2D eigenvalue weighted by Crippen LogP contribution is 2.45. The maximum Gasteiger partial charge on any atom is 0.416 e. The number of carbonyl (C=O) groups is 2. The van der Waals surface area contributed by atoms with E-state index in [1.807, 2.05) is 0 Å². The molecule has 0 aliphatic carbocycles. The van der Waals surface area contributed by atoms with Crippen LogP contribution in [0.3, 0.4) is 0 Å². The molecular formula is C25H19F6N3O2. The summed E-state index contributed by atoms with van der Waals surface area (Å²) < 4.78 is 81.3. The number of rotatable bonds is 4. The Morgan fingerprint density at radius 2 is 1.56 bits per heavy atom. The number of likely N-dealkylation sites (N-methyl/N-ethyl adjacent to an activating group) is 1. The number of hydrogen-bond donors (Lipinski definition) is 1. The summed E-state index contributed by atoms with van der Waals surface area (Å²) in [5.41, 5.74) is -2.68. The second kappa shape index (κ2) is 9.29. The molecule has 1 aliphatic rings. The molecule has 3 aromatic rings. The number of nitrogens with one attached hydrogen (secondary N) is 1. The Balaban J connectivity index is 1.85. The molecule has 1 N–H and O–H groups in total. The number of amides is 2. The van der Waals surface area contributed by atoms with E-state index in [2.05, 4.69) is 10.3 Å². The van der Waals surface area contributed by atoms with Gasteiger partial charge in [0.2, 0.25) is 5.91 Å². The Morgan fingerprint density at radius 1 is 0.944 bits per heavy atom. The SMILES string of the molecule is CN1C(=O)c2ccccc2C(C(=O)NCc2ccccn2)C1c1cc(C(F)(F)F)cc(C(F)(F)F)c1. The highest BCUT2D eigenvalue weighted by atomic mass is 19.4. The lowest BCUT2D eigenvalue weighted by Crippen LogP contribution is -2.45. The fourth-order valence-corrected chi connectivity index (χ4v) is 4.31. The summed E-state index contributed by atoms with van der Waals surface area (Å²) in [4.78, 5) is 31.6. The number of hydrogen-bond acceptors (Lipinski definition) is 3. The van der Waals surface area contributed by atoms with Crippen LogP contribution in [-0.2, 0) is 23.7 Å². The molecule has 36 heavy (non-hydrogen) atoms. The van der Waals surface area contributed by atoms with Crippen molar-refractivity contribution in [3.63, 3.8) is 0 Å². The maximum absolute atomic E-state index is 13.5. The molecular weight excluding hydrogens is 488 g/mol. The van der Waals surface area contributed by atoms with Crippen LogP contribution in [0.1, 0.15) is 50.3 Å². The normalized spacial score (nSPS) is 18.1. The minimum atomic E-state index is -5.08. The third kappa shape index (κ3) is 4.91. The zero-order chi connectivity index (χ0) is 26.3. The van der Waals surface area contributed by atoms with Crippen LogP contribution < -0.4 is 5.32 Å². The Morgan fingerprint density at radius 3 is 2.14 bits per heavy atom. The van der Waals surface area contributed by atoms with Crippen molar-refractivity contribution in [2.24, 2.45) is 0 Å². The molecule has 4 rings (SSSR count). The number of fused-ring (bicyclic) bond motifs is 1. The van der Waals surface area contributed by atoms with E-state index in [1.165, 1.54) is 25.4 Å². The molecule has 188 valence electrons. The smallest absolute Gasteiger partial charge is 0.350 e. The van der Waals surface area contributed by atoms with E-state index < -0.39 is 52.8 Å². The molecule has 1 aliphatic heterocycles. The summed E-state index contributed by atoms with van der Waals surface area (Å²) in [6.07, 6.45) is -8.66. The summed E-state index contributed by atoms with van der Waals surface area (Å²) >= 11 is 0. The van der Waals surface area contributed by atoms with E-state index in [0.717, 1.165) is 4.90 Å². The molecule has 0 saturated carbocycles. The van der Waals surface area contributed by atoms with Crippen LogP contribution in [0.25, 0.3) is 0 Å². The Bertz CT molecular complexity index is 1260. The first kappa shape index (κ1) is 25.2. The van der Waals surface area contributed by atoms with Gasteiger partial charge in [0.05, 0.1) is 35.3 Å². The second-order valence-electron chi connectivity index (χ2n) is 8.30. The summed E-state index contributed by atoms with van der Waals surface area (Å²) in [5, 5.41) is 2.65. The predicted octanol–water partition coefficient (Wildman–Crippen LogP) is 5.35. The van der Waals surface area contributed by atoms with Gasteiger partial charge in [0.25, 0.3) is 5.91 Å². The van der Waals surface area contributed by atoms with Gasteiger partial charge in [-0.3, -0.25) is 14.6 Å². The first-order chi connectivity index (χ1) is 16.9. The van der Waals surface area contributed by atoms with Gasteiger partial charge < -0.3 is 10.2 Å². The van der Waals surface area contributed by atoms with Gasteiger partial charge in [0.15, 0.2) is 0 Å². The van der Waals surface area contributed by atoms with Crippen molar-refractivity contribution in [3.8, 4) is 0 Å². The summed E-state index contributed by atoms with van der Waals surface area (Å²) in [7, 11) is 1.25. The predicted molar refractivity (Wildman–Crippen MR) is 117 cm³/mol. The first-order valence-corrected chi connectivity index (χ1v) is 10.7. The molecule has 5 nitrogen and oxygen atoms in total. The quantitative estimate of drug-likeness (QED) is 0.485. The van der Waals surface area contributed by atoms with E-state index in [4.69, 9.17) is 0 Å². The lowest BCUT2D eigenvalue weighted by molar-refractivity contribution is -0.143. The van der Waals surface area contributed by atoms with Gasteiger partial charge in [-0.15, -0.1) is 0 Å². The van der Waals surface area contributed by atoms with Crippen LogP contribution in [0.15, 0.2) is 66.9 Å². The van der Waals surface area contributed by atoms with Crippen LogP contribution in [0.2, 0.25) is 0 Å². The van der Waals surface area contributed by atoms with Crippen molar-refractivity contribution in [1.82, 2.24) is 15.2 Å². The number of carbonyl (C=O) groups excluding carboxylic acids is 2. The maximum atomic E-state index is 13.5. The zero-order valence-electron chi connectivity index (χ0n) is 18.7. The van der Waals surface area contributed by atoms with Gasteiger partial charge >= 0.3 is 12.4 Å². The summed E-state index contributed by atoms with van der Waals surface area (Å²) in [6, 6.07) is 10.7. The van der Waals surface area contributed by atoms with Crippen LogP contribution in [-0.4, -0.2) is 28.7 Å². The third-order valence-corrected chi connectivity index (χ3v) is 5.98. The number of aromatic nitrogens is 1. The number of nitrogens with zero attached hydrogens (tertiary/aromatic N) is 2. The Kier molecular flexibility index (Phi) is 6.50. The highest BCUT2D eigenvalue weighted by Gasteiger charge is 2.45. The lowest BCUT2D eigenvalue weighted by atomic mass is 9.78.